The highest BCUT2D eigenvalue weighted by molar-refractivity contribution is 6.00. The van der Waals surface area contributed by atoms with Crippen molar-refractivity contribution in [2.45, 2.75) is 19.9 Å². The lowest BCUT2D eigenvalue weighted by atomic mass is 10.1. The van der Waals surface area contributed by atoms with Crippen molar-refractivity contribution < 1.29 is 19.1 Å². The van der Waals surface area contributed by atoms with E-state index in [1.165, 1.54) is 7.11 Å². The number of methoxy groups -OCH3 is 1. The third-order valence-electron chi connectivity index (χ3n) is 2.84. The van der Waals surface area contributed by atoms with Gasteiger partial charge in [-0.05, 0) is 32.0 Å². The zero-order valence-corrected chi connectivity index (χ0v) is 14.4. The third-order valence-corrected chi connectivity index (χ3v) is 2.84. The molecule has 0 radical (unpaired) electrons. The largest absolute Gasteiger partial charge is 0.462 e. The van der Waals surface area contributed by atoms with Crippen molar-refractivity contribution in [3.05, 3.63) is 23.8 Å². The van der Waals surface area contributed by atoms with Crippen molar-refractivity contribution in [2.75, 3.05) is 37.5 Å². The number of nitrogens with two attached hydrogens (primary N) is 1. The molecule has 0 aliphatic rings. The van der Waals surface area contributed by atoms with Gasteiger partial charge in [0.1, 0.15) is 6.04 Å². The van der Waals surface area contributed by atoms with Crippen LogP contribution in [0, 0.1) is 0 Å². The predicted octanol–water partition coefficient (Wildman–Crippen LogP) is 1.63. The van der Waals surface area contributed by atoms with Gasteiger partial charge in [-0.25, -0.2) is 4.79 Å². The van der Waals surface area contributed by atoms with Gasteiger partial charge in [0.2, 0.25) is 5.91 Å². The Labute approximate surface area is 142 Å². The van der Waals surface area contributed by atoms with Crippen LogP contribution in [0.25, 0.3) is 0 Å². The summed E-state index contributed by atoms with van der Waals surface area (Å²) < 4.78 is 9.82. The van der Waals surface area contributed by atoms with E-state index in [0.717, 1.165) is 0 Å². The lowest BCUT2D eigenvalue weighted by Gasteiger charge is -2.16. The average molecular weight is 346 g/mol. The topological polar surface area (TPSA) is 103 Å². The Bertz CT molecular complexity index is 525. The van der Waals surface area contributed by atoms with Crippen LogP contribution in [0.2, 0.25) is 0 Å². The van der Waals surface area contributed by atoms with Gasteiger partial charge in [-0.2, -0.15) is 0 Å². The Morgan fingerprint density at radius 2 is 1.96 bits per heavy atom. The van der Waals surface area contributed by atoms with Gasteiger partial charge in [-0.15, -0.1) is 12.4 Å². The minimum atomic E-state index is -0.786. The van der Waals surface area contributed by atoms with E-state index in [2.05, 4.69) is 10.6 Å². The number of halogens is 1. The van der Waals surface area contributed by atoms with Gasteiger partial charge in [0.05, 0.1) is 30.2 Å². The Hall–Kier alpha value is -1.83. The number of hydrogen-bond acceptors (Lipinski definition) is 6. The number of benzene rings is 1. The Morgan fingerprint density at radius 3 is 2.52 bits per heavy atom. The number of nitrogens with one attached hydrogen (secondary N) is 2. The van der Waals surface area contributed by atoms with Crippen molar-refractivity contribution in [1.82, 2.24) is 0 Å². The number of carbonyl (C=O) groups is 2. The molecule has 0 spiro atoms. The molecular weight excluding hydrogens is 322 g/mol. The highest BCUT2D eigenvalue weighted by atomic mass is 35.5. The summed E-state index contributed by atoms with van der Waals surface area (Å²) in [6.45, 7) is 4.73. The molecule has 7 nitrogen and oxygen atoms in total. The molecule has 4 N–H and O–H groups in total. The molecule has 1 aromatic carbocycles. The molecule has 1 amide bonds. The van der Waals surface area contributed by atoms with Crippen LogP contribution in [-0.4, -0.2) is 44.8 Å². The van der Waals surface area contributed by atoms with Crippen molar-refractivity contribution in [2.24, 2.45) is 5.73 Å². The minimum absolute atomic E-state index is 0. The Kier molecular flexibility index (Phi) is 9.96. The fraction of sp³-hybridized carbons (Fsp3) is 0.467. The molecule has 1 aromatic rings. The fourth-order valence-electron chi connectivity index (χ4n) is 1.81. The summed E-state index contributed by atoms with van der Waals surface area (Å²) in [7, 11) is 1.47. The number of esters is 1. The number of ether oxygens (including phenoxy) is 2. The molecule has 0 aliphatic carbocycles. The molecule has 0 aromatic heterocycles. The molecule has 0 saturated heterocycles. The van der Waals surface area contributed by atoms with E-state index in [4.69, 9.17) is 15.2 Å². The van der Waals surface area contributed by atoms with Gasteiger partial charge in [0.15, 0.2) is 0 Å². The third kappa shape index (κ3) is 6.43. The molecule has 1 atom stereocenters. The first-order valence-electron chi connectivity index (χ1n) is 7.13. The summed E-state index contributed by atoms with van der Waals surface area (Å²) in [6, 6.07) is 4.13. The van der Waals surface area contributed by atoms with Crippen LogP contribution < -0.4 is 16.4 Å². The lowest BCUT2D eigenvalue weighted by molar-refractivity contribution is -0.118. The second-order valence-electron chi connectivity index (χ2n) is 4.56. The predicted molar refractivity (Wildman–Crippen MR) is 92.3 cm³/mol. The van der Waals surface area contributed by atoms with Crippen LogP contribution in [0.15, 0.2) is 18.2 Å². The first-order chi connectivity index (χ1) is 10.5. The second kappa shape index (κ2) is 10.8. The maximum absolute atomic E-state index is 12.0. The fourth-order valence-corrected chi connectivity index (χ4v) is 1.81. The van der Waals surface area contributed by atoms with Gasteiger partial charge in [-0.3, -0.25) is 4.79 Å². The van der Waals surface area contributed by atoms with Crippen LogP contribution in [0.5, 0.6) is 0 Å². The summed E-state index contributed by atoms with van der Waals surface area (Å²) in [4.78, 5) is 23.8. The van der Waals surface area contributed by atoms with Gasteiger partial charge < -0.3 is 25.8 Å². The van der Waals surface area contributed by atoms with E-state index in [1.54, 1.807) is 25.1 Å². The SMILES string of the molecule is CCNc1ccc(C(=O)OCC)cc1NC(=O)C(N)COC.Cl. The van der Waals surface area contributed by atoms with E-state index in [1.807, 2.05) is 6.92 Å². The van der Waals surface area contributed by atoms with Gasteiger partial charge in [-0.1, -0.05) is 0 Å². The van der Waals surface area contributed by atoms with Crippen LogP contribution in [0.3, 0.4) is 0 Å². The zero-order valence-electron chi connectivity index (χ0n) is 13.5. The molecule has 1 unspecified atom stereocenters. The molecule has 0 saturated carbocycles. The van der Waals surface area contributed by atoms with Crippen molar-refractivity contribution in [1.29, 1.82) is 0 Å². The number of hydrogen-bond donors (Lipinski definition) is 3. The highest BCUT2D eigenvalue weighted by Gasteiger charge is 2.16. The molecular formula is C15H24ClN3O4. The summed E-state index contributed by atoms with van der Waals surface area (Å²) in [5.74, 6) is -0.829. The summed E-state index contributed by atoms with van der Waals surface area (Å²) >= 11 is 0. The standard InChI is InChI=1S/C15H23N3O4.ClH/c1-4-17-12-7-6-10(15(20)22-5-2)8-13(12)18-14(19)11(16)9-21-3;/h6-8,11,17H,4-5,9,16H2,1-3H3,(H,18,19);1H. The first kappa shape index (κ1) is 21.2. The molecule has 1 rings (SSSR count). The van der Waals surface area contributed by atoms with E-state index >= 15 is 0 Å². The Balaban J connectivity index is 0.00000484. The van der Waals surface area contributed by atoms with Crippen LogP contribution in [-0.2, 0) is 14.3 Å². The van der Waals surface area contributed by atoms with Crippen LogP contribution >= 0.6 is 12.4 Å². The van der Waals surface area contributed by atoms with Gasteiger partial charge in [0, 0.05) is 13.7 Å². The van der Waals surface area contributed by atoms with Crippen molar-refractivity contribution >= 4 is 35.7 Å². The van der Waals surface area contributed by atoms with Gasteiger partial charge >= 0.3 is 5.97 Å². The molecule has 130 valence electrons. The van der Waals surface area contributed by atoms with Crippen LogP contribution in [0.4, 0.5) is 11.4 Å². The number of rotatable bonds is 8. The quantitative estimate of drug-likeness (QED) is 0.619. The summed E-state index contributed by atoms with van der Waals surface area (Å²) in [5.41, 5.74) is 7.23. The number of carbonyl (C=O) groups excluding carboxylic acids is 2. The molecule has 0 aliphatic heterocycles. The molecule has 0 fully saturated rings. The summed E-state index contributed by atoms with van der Waals surface area (Å²) in [6.07, 6.45) is 0. The van der Waals surface area contributed by atoms with E-state index in [0.29, 0.717) is 23.5 Å². The van der Waals surface area contributed by atoms with E-state index < -0.39 is 12.0 Å². The normalized spacial score (nSPS) is 11.1. The monoisotopic (exact) mass is 345 g/mol. The smallest absolute Gasteiger partial charge is 0.338 e. The molecule has 0 heterocycles. The number of amides is 1. The van der Waals surface area contributed by atoms with E-state index in [-0.39, 0.29) is 31.5 Å². The molecule has 0 bridgehead atoms. The lowest BCUT2D eigenvalue weighted by Crippen LogP contribution is -2.39. The summed E-state index contributed by atoms with van der Waals surface area (Å²) in [5, 5.41) is 5.81. The Morgan fingerprint density at radius 1 is 1.26 bits per heavy atom. The minimum Gasteiger partial charge on any atom is -0.462 e. The van der Waals surface area contributed by atoms with Gasteiger partial charge in [0.25, 0.3) is 0 Å². The van der Waals surface area contributed by atoms with Crippen molar-refractivity contribution in [3.8, 4) is 0 Å². The average Bonchev–Trinajstić information content (AvgIpc) is 2.49. The van der Waals surface area contributed by atoms with E-state index in [9.17, 15) is 9.59 Å². The maximum atomic E-state index is 12.0. The van der Waals surface area contributed by atoms with Crippen molar-refractivity contribution in [3.63, 3.8) is 0 Å². The zero-order chi connectivity index (χ0) is 16.5. The van der Waals surface area contributed by atoms with Crippen LogP contribution in [0.1, 0.15) is 24.2 Å². The highest BCUT2D eigenvalue weighted by Crippen LogP contribution is 2.24. The second-order valence-corrected chi connectivity index (χ2v) is 4.56. The maximum Gasteiger partial charge on any atom is 0.338 e. The molecule has 23 heavy (non-hydrogen) atoms. The number of anilines is 2. The molecule has 8 heteroatoms. The first-order valence-corrected chi connectivity index (χ1v) is 7.13.